The van der Waals surface area contributed by atoms with Crippen LogP contribution >= 0.6 is 15.9 Å². The number of hydrogen-bond acceptors (Lipinski definition) is 5. The van der Waals surface area contributed by atoms with Gasteiger partial charge in [0.25, 0.3) is 5.91 Å². The number of nitrogens with one attached hydrogen (secondary N) is 1. The van der Waals surface area contributed by atoms with Crippen molar-refractivity contribution in [2.75, 3.05) is 12.4 Å². The van der Waals surface area contributed by atoms with Crippen LogP contribution in [0.4, 0.5) is 5.95 Å². The molecule has 94 valence electrons. The predicted octanol–water partition coefficient (Wildman–Crippen LogP) is 2.40. The fourth-order valence-corrected chi connectivity index (χ4v) is 1.61. The monoisotopic (exact) mass is 311 g/mol. The summed E-state index contributed by atoms with van der Waals surface area (Å²) >= 11 is 3.12. The molecule has 0 radical (unpaired) electrons. The number of ether oxygens (including phenoxy) is 1. The van der Waals surface area contributed by atoms with Crippen molar-refractivity contribution >= 4 is 27.8 Å². The van der Waals surface area contributed by atoms with Gasteiger partial charge in [0.1, 0.15) is 0 Å². The van der Waals surface area contributed by atoms with Crippen molar-refractivity contribution in [2.24, 2.45) is 0 Å². The highest BCUT2D eigenvalue weighted by molar-refractivity contribution is 9.10. The molecule has 0 bridgehead atoms. The number of aromatic nitrogens is 2. The van der Waals surface area contributed by atoms with Crippen LogP contribution < -0.4 is 10.1 Å². The van der Waals surface area contributed by atoms with Gasteiger partial charge in [-0.15, -0.1) is 0 Å². The molecule has 1 N–H and O–H groups in total. The topological polar surface area (TPSA) is 77.2 Å². The molecular formula is C11H10BrN3O3. The summed E-state index contributed by atoms with van der Waals surface area (Å²) in [7, 11) is 1.50. The highest BCUT2D eigenvalue weighted by Crippen LogP contribution is 2.16. The van der Waals surface area contributed by atoms with Crippen LogP contribution in [0, 0.1) is 6.92 Å². The van der Waals surface area contributed by atoms with Crippen molar-refractivity contribution in [3.63, 3.8) is 0 Å². The third-order valence-corrected chi connectivity index (χ3v) is 2.49. The summed E-state index contributed by atoms with van der Waals surface area (Å²) in [6.45, 7) is 1.78. The summed E-state index contributed by atoms with van der Waals surface area (Å²) in [5.74, 6) is 0.307. The normalized spacial score (nSPS) is 10.2. The molecule has 0 saturated heterocycles. The van der Waals surface area contributed by atoms with Crippen molar-refractivity contribution in [3.05, 3.63) is 34.3 Å². The third kappa shape index (κ3) is 2.86. The van der Waals surface area contributed by atoms with Crippen molar-refractivity contribution < 1.29 is 13.9 Å². The first-order valence-corrected chi connectivity index (χ1v) is 5.84. The zero-order valence-electron chi connectivity index (χ0n) is 9.73. The van der Waals surface area contributed by atoms with Crippen LogP contribution in [0.15, 0.2) is 27.3 Å². The molecule has 18 heavy (non-hydrogen) atoms. The zero-order chi connectivity index (χ0) is 13.1. The Labute approximate surface area is 112 Å². The summed E-state index contributed by atoms with van der Waals surface area (Å²) in [5.41, 5.74) is 0.692. The average molecular weight is 312 g/mol. The Hall–Kier alpha value is -1.89. The lowest BCUT2D eigenvalue weighted by molar-refractivity contribution is 0.0994. The van der Waals surface area contributed by atoms with Crippen LogP contribution in [-0.2, 0) is 0 Å². The molecule has 0 fully saturated rings. The van der Waals surface area contributed by atoms with E-state index in [1.165, 1.54) is 7.11 Å². The molecule has 0 aliphatic heterocycles. The average Bonchev–Trinajstić information content (AvgIpc) is 2.75. The second-order valence-electron chi connectivity index (χ2n) is 3.43. The second-order valence-corrected chi connectivity index (χ2v) is 4.21. The number of anilines is 1. The lowest BCUT2D eigenvalue weighted by Gasteiger charge is -2.05. The summed E-state index contributed by atoms with van der Waals surface area (Å²) in [6, 6.07) is 4.85. The minimum atomic E-state index is -0.423. The fourth-order valence-electron chi connectivity index (χ4n) is 1.30. The van der Waals surface area contributed by atoms with Gasteiger partial charge in [-0.25, -0.2) is 4.98 Å². The molecule has 0 saturated carbocycles. The van der Waals surface area contributed by atoms with E-state index in [0.717, 1.165) is 0 Å². The highest BCUT2D eigenvalue weighted by atomic mass is 79.9. The van der Waals surface area contributed by atoms with E-state index < -0.39 is 5.91 Å². The van der Waals surface area contributed by atoms with E-state index in [2.05, 4.69) is 31.2 Å². The van der Waals surface area contributed by atoms with Gasteiger partial charge in [-0.2, -0.15) is 4.98 Å². The van der Waals surface area contributed by atoms with Gasteiger partial charge in [0.2, 0.25) is 11.8 Å². The molecule has 0 aliphatic carbocycles. The van der Waals surface area contributed by atoms with E-state index in [4.69, 9.17) is 9.15 Å². The molecule has 7 heteroatoms. The van der Waals surface area contributed by atoms with Gasteiger partial charge in [-0.1, -0.05) is 0 Å². The van der Waals surface area contributed by atoms with Gasteiger partial charge in [-0.3, -0.25) is 10.1 Å². The lowest BCUT2D eigenvalue weighted by atomic mass is 10.4. The Balaban J connectivity index is 2.18. The van der Waals surface area contributed by atoms with Crippen molar-refractivity contribution in [2.45, 2.75) is 6.92 Å². The second kappa shape index (κ2) is 5.18. The maximum atomic E-state index is 11.8. The predicted molar refractivity (Wildman–Crippen MR) is 67.7 cm³/mol. The van der Waals surface area contributed by atoms with Crippen LogP contribution in [-0.4, -0.2) is 23.0 Å². The van der Waals surface area contributed by atoms with Gasteiger partial charge in [0, 0.05) is 11.8 Å². The molecule has 6 nitrogen and oxygen atoms in total. The Morgan fingerprint density at radius 1 is 1.44 bits per heavy atom. The lowest BCUT2D eigenvalue weighted by Crippen LogP contribution is -2.14. The van der Waals surface area contributed by atoms with Crippen molar-refractivity contribution in [3.8, 4) is 5.88 Å². The first-order chi connectivity index (χ1) is 8.58. The smallest absolute Gasteiger partial charge is 0.293 e. The first-order valence-electron chi connectivity index (χ1n) is 5.05. The molecule has 1 amide bonds. The van der Waals surface area contributed by atoms with Crippen molar-refractivity contribution in [1.82, 2.24) is 9.97 Å². The quantitative estimate of drug-likeness (QED) is 0.941. The number of hydrogen-bond donors (Lipinski definition) is 1. The van der Waals surface area contributed by atoms with E-state index >= 15 is 0 Å². The number of carbonyl (C=O) groups is 1. The summed E-state index contributed by atoms with van der Waals surface area (Å²) < 4.78 is 10.6. The zero-order valence-corrected chi connectivity index (χ0v) is 11.3. The Morgan fingerprint density at radius 2 is 2.22 bits per heavy atom. The fraction of sp³-hybridized carbons (Fsp3) is 0.182. The van der Waals surface area contributed by atoms with Gasteiger partial charge >= 0.3 is 0 Å². The number of nitrogens with zero attached hydrogens (tertiary/aromatic N) is 2. The number of halogens is 1. The number of furan rings is 1. The van der Waals surface area contributed by atoms with Gasteiger partial charge in [0.15, 0.2) is 10.4 Å². The van der Waals surface area contributed by atoms with Crippen LogP contribution in [0.3, 0.4) is 0 Å². The summed E-state index contributed by atoms with van der Waals surface area (Å²) in [5, 5.41) is 2.53. The minimum Gasteiger partial charge on any atom is -0.481 e. The molecule has 2 aromatic heterocycles. The number of amides is 1. The molecular weight excluding hydrogens is 302 g/mol. The van der Waals surface area contributed by atoms with Gasteiger partial charge in [0.05, 0.1) is 7.11 Å². The molecule has 2 heterocycles. The van der Waals surface area contributed by atoms with E-state index in [1.54, 1.807) is 25.1 Å². The first kappa shape index (κ1) is 12.6. The largest absolute Gasteiger partial charge is 0.481 e. The number of carbonyl (C=O) groups excluding carboxylic acids is 1. The van der Waals surface area contributed by atoms with Crippen LogP contribution in [0.5, 0.6) is 5.88 Å². The van der Waals surface area contributed by atoms with Crippen molar-refractivity contribution in [1.29, 1.82) is 0 Å². The van der Waals surface area contributed by atoms with E-state index in [0.29, 0.717) is 16.2 Å². The number of rotatable bonds is 3. The summed E-state index contributed by atoms with van der Waals surface area (Å²) in [6.07, 6.45) is 0. The highest BCUT2D eigenvalue weighted by Gasteiger charge is 2.13. The molecule has 0 unspecified atom stereocenters. The van der Waals surface area contributed by atoms with E-state index in [9.17, 15) is 4.79 Å². The van der Waals surface area contributed by atoms with Crippen LogP contribution in [0.1, 0.15) is 16.2 Å². The van der Waals surface area contributed by atoms with E-state index in [1.807, 2.05) is 0 Å². The number of methoxy groups -OCH3 is 1. The SMILES string of the molecule is COc1cc(C)nc(NC(=O)c2ccc(Br)o2)n1. The molecule has 0 atom stereocenters. The molecule has 2 aromatic rings. The standard InChI is InChI=1S/C11H10BrN3O3/c1-6-5-9(17-2)14-11(13-6)15-10(16)7-3-4-8(12)18-7/h3-5H,1-2H3,(H,13,14,15,16). The Morgan fingerprint density at radius 3 is 2.83 bits per heavy atom. The molecule has 0 aromatic carbocycles. The maximum absolute atomic E-state index is 11.8. The number of aryl methyl sites for hydroxylation is 1. The Kier molecular flexibility index (Phi) is 3.61. The van der Waals surface area contributed by atoms with Gasteiger partial charge < -0.3 is 9.15 Å². The van der Waals surface area contributed by atoms with E-state index in [-0.39, 0.29) is 11.7 Å². The minimum absolute atomic E-state index is 0.171. The summed E-state index contributed by atoms with van der Waals surface area (Å²) in [4.78, 5) is 19.9. The third-order valence-electron chi connectivity index (χ3n) is 2.06. The molecule has 2 rings (SSSR count). The van der Waals surface area contributed by atoms with Gasteiger partial charge in [-0.05, 0) is 35.0 Å². The Bertz CT molecular complexity index is 583. The maximum Gasteiger partial charge on any atom is 0.293 e. The van der Waals surface area contributed by atoms with Crippen LogP contribution in [0.25, 0.3) is 0 Å². The molecule has 0 spiro atoms. The van der Waals surface area contributed by atoms with Crippen LogP contribution in [0.2, 0.25) is 0 Å². The molecule has 0 aliphatic rings.